The molecule has 20 heavy (non-hydrogen) atoms. The van der Waals surface area contributed by atoms with Gasteiger partial charge in [-0.1, -0.05) is 37.4 Å². The summed E-state index contributed by atoms with van der Waals surface area (Å²) in [5.74, 6) is -0.944. The Balaban J connectivity index is 2.51. The Morgan fingerprint density at radius 1 is 0.850 bits per heavy atom. The Hall–Kier alpha value is -2.88. The quantitative estimate of drug-likeness (QED) is 0.486. The van der Waals surface area contributed by atoms with Crippen LogP contribution in [0.25, 0.3) is 10.8 Å². The van der Waals surface area contributed by atoms with Crippen LogP contribution >= 0.6 is 0 Å². The lowest BCUT2D eigenvalue weighted by molar-refractivity contribution is -0.131. The van der Waals surface area contributed by atoms with Crippen molar-refractivity contribution >= 4 is 22.7 Å². The molecule has 4 heteroatoms. The van der Waals surface area contributed by atoms with E-state index in [9.17, 15) is 9.59 Å². The van der Waals surface area contributed by atoms with Crippen LogP contribution < -0.4 is 9.47 Å². The molecule has 0 aliphatic rings. The first-order valence-corrected chi connectivity index (χ1v) is 5.85. The normalized spacial score (nSPS) is 9.80. The van der Waals surface area contributed by atoms with E-state index in [2.05, 4.69) is 13.2 Å². The summed E-state index contributed by atoms with van der Waals surface area (Å²) in [6, 6.07) is 10.7. The van der Waals surface area contributed by atoms with Gasteiger partial charge in [0.15, 0.2) is 11.5 Å². The minimum atomic E-state index is -0.629. The maximum atomic E-state index is 11.3. The molecule has 2 rings (SSSR count). The van der Waals surface area contributed by atoms with Gasteiger partial charge in [-0.15, -0.1) is 0 Å². The van der Waals surface area contributed by atoms with Crippen molar-refractivity contribution in [2.45, 2.75) is 0 Å². The van der Waals surface area contributed by atoms with Gasteiger partial charge in [0, 0.05) is 12.2 Å². The van der Waals surface area contributed by atoms with Gasteiger partial charge in [0.25, 0.3) is 0 Å². The molecule has 0 heterocycles. The molecule has 0 amide bonds. The van der Waals surface area contributed by atoms with Gasteiger partial charge in [-0.25, -0.2) is 9.59 Å². The summed E-state index contributed by atoms with van der Waals surface area (Å²) >= 11 is 0. The van der Waals surface area contributed by atoms with Gasteiger partial charge in [0.05, 0.1) is 0 Å². The van der Waals surface area contributed by atoms with Gasteiger partial charge in [-0.05, 0) is 22.9 Å². The van der Waals surface area contributed by atoms with E-state index < -0.39 is 11.9 Å². The highest BCUT2D eigenvalue weighted by molar-refractivity contribution is 5.91. The summed E-state index contributed by atoms with van der Waals surface area (Å²) < 4.78 is 10.2. The SMILES string of the molecule is C=CC(=O)Oc1cc2ccccc2cc1OC(=O)C=C. The van der Waals surface area contributed by atoms with E-state index in [1.54, 1.807) is 12.1 Å². The molecule has 0 fully saturated rings. The molecule has 0 aliphatic heterocycles. The number of hydrogen-bond acceptors (Lipinski definition) is 4. The molecule has 0 spiro atoms. The predicted molar refractivity (Wildman–Crippen MR) is 75.6 cm³/mol. The number of esters is 2. The summed E-state index contributed by atoms with van der Waals surface area (Å²) in [7, 11) is 0. The second kappa shape index (κ2) is 5.84. The summed E-state index contributed by atoms with van der Waals surface area (Å²) in [6.45, 7) is 6.65. The van der Waals surface area contributed by atoms with Crippen LogP contribution in [0.1, 0.15) is 0 Å². The van der Waals surface area contributed by atoms with E-state index in [1.807, 2.05) is 24.3 Å². The summed E-state index contributed by atoms with van der Waals surface area (Å²) in [5.41, 5.74) is 0. The first-order chi connectivity index (χ1) is 9.63. The summed E-state index contributed by atoms with van der Waals surface area (Å²) in [5, 5.41) is 1.72. The van der Waals surface area contributed by atoms with E-state index in [0.717, 1.165) is 22.9 Å². The second-order valence-electron chi connectivity index (χ2n) is 3.90. The number of carbonyl (C=O) groups excluding carboxylic acids is 2. The van der Waals surface area contributed by atoms with Crippen LogP contribution in [0.15, 0.2) is 61.7 Å². The number of ether oxygens (including phenoxy) is 2. The van der Waals surface area contributed by atoms with E-state index in [4.69, 9.17) is 9.47 Å². The van der Waals surface area contributed by atoms with Gasteiger partial charge in [-0.2, -0.15) is 0 Å². The average molecular weight is 268 g/mol. The Kier molecular flexibility index (Phi) is 3.96. The van der Waals surface area contributed by atoms with Crippen LogP contribution in [-0.2, 0) is 9.59 Å². The van der Waals surface area contributed by atoms with Gasteiger partial charge < -0.3 is 9.47 Å². The lowest BCUT2D eigenvalue weighted by Crippen LogP contribution is -2.08. The number of rotatable bonds is 4. The molecule has 2 aromatic carbocycles. The lowest BCUT2D eigenvalue weighted by Gasteiger charge is -2.10. The van der Waals surface area contributed by atoms with E-state index in [1.165, 1.54) is 0 Å². The average Bonchev–Trinajstić information content (AvgIpc) is 2.47. The van der Waals surface area contributed by atoms with Crippen molar-refractivity contribution in [3.8, 4) is 11.5 Å². The standard InChI is InChI=1S/C16H12O4/c1-3-15(17)19-13-9-11-7-5-6-8-12(11)10-14(13)20-16(18)4-2/h3-10H,1-2H2. The number of hydrogen-bond donors (Lipinski definition) is 0. The molecule has 0 bridgehead atoms. The molecule has 0 N–H and O–H groups in total. The van der Waals surface area contributed by atoms with Crippen LogP contribution in [0.3, 0.4) is 0 Å². The number of carbonyl (C=O) groups is 2. The van der Waals surface area contributed by atoms with Crippen molar-refractivity contribution < 1.29 is 19.1 Å². The minimum Gasteiger partial charge on any atom is -0.419 e. The van der Waals surface area contributed by atoms with Crippen molar-refractivity contribution in [1.82, 2.24) is 0 Å². The molecular formula is C16H12O4. The monoisotopic (exact) mass is 268 g/mol. The Morgan fingerprint density at radius 2 is 1.25 bits per heavy atom. The van der Waals surface area contributed by atoms with Crippen molar-refractivity contribution in [1.29, 1.82) is 0 Å². The van der Waals surface area contributed by atoms with Gasteiger partial charge in [-0.3, -0.25) is 0 Å². The summed E-state index contributed by atoms with van der Waals surface area (Å²) in [6.07, 6.45) is 2.07. The molecule has 0 aromatic heterocycles. The van der Waals surface area contributed by atoms with Gasteiger partial charge in [0.2, 0.25) is 0 Å². The zero-order chi connectivity index (χ0) is 14.5. The zero-order valence-corrected chi connectivity index (χ0v) is 10.7. The fourth-order valence-electron chi connectivity index (χ4n) is 1.66. The Bertz CT molecular complexity index is 640. The molecule has 4 nitrogen and oxygen atoms in total. The fraction of sp³-hybridized carbons (Fsp3) is 0. The molecule has 0 radical (unpaired) electrons. The van der Waals surface area contributed by atoms with E-state index in [-0.39, 0.29) is 11.5 Å². The van der Waals surface area contributed by atoms with E-state index in [0.29, 0.717) is 0 Å². The van der Waals surface area contributed by atoms with Crippen molar-refractivity contribution in [3.05, 3.63) is 61.7 Å². The smallest absolute Gasteiger partial charge is 0.335 e. The third-order valence-corrected chi connectivity index (χ3v) is 2.57. The van der Waals surface area contributed by atoms with Gasteiger partial charge >= 0.3 is 11.9 Å². The predicted octanol–water partition coefficient (Wildman–Crippen LogP) is 3.02. The third-order valence-electron chi connectivity index (χ3n) is 2.57. The van der Waals surface area contributed by atoms with E-state index >= 15 is 0 Å². The largest absolute Gasteiger partial charge is 0.419 e. The zero-order valence-electron chi connectivity index (χ0n) is 10.7. The molecule has 0 saturated carbocycles. The van der Waals surface area contributed by atoms with Gasteiger partial charge in [0.1, 0.15) is 0 Å². The third kappa shape index (κ3) is 2.92. The maximum Gasteiger partial charge on any atom is 0.335 e. The first-order valence-electron chi connectivity index (χ1n) is 5.85. The molecule has 0 atom stereocenters. The molecular weight excluding hydrogens is 256 g/mol. The molecule has 100 valence electrons. The molecule has 0 aliphatic carbocycles. The van der Waals surface area contributed by atoms with Crippen LogP contribution in [0.5, 0.6) is 11.5 Å². The molecule has 0 saturated heterocycles. The Morgan fingerprint density at radius 3 is 1.60 bits per heavy atom. The highest BCUT2D eigenvalue weighted by Crippen LogP contribution is 2.33. The topological polar surface area (TPSA) is 52.6 Å². The first kappa shape index (κ1) is 13.5. The summed E-state index contributed by atoms with van der Waals surface area (Å²) in [4.78, 5) is 22.6. The highest BCUT2D eigenvalue weighted by atomic mass is 16.6. The van der Waals surface area contributed by atoms with Crippen LogP contribution in [-0.4, -0.2) is 11.9 Å². The molecule has 0 unspecified atom stereocenters. The van der Waals surface area contributed by atoms with Crippen molar-refractivity contribution in [3.63, 3.8) is 0 Å². The van der Waals surface area contributed by atoms with Crippen molar-refractivity contribution in [2.24, 2.45) is 0 Å². The minimum absolute atomic E-state index is 0.156. The van der Waals surface area contributed by atoms with Crippen molar-refractivity contribution in [2.75, 3.05) is 0 Å². The highest BCUT2D eigenvalue weighted by Gasteiger charge is 2.12. The lowest BCUT2D eigenvalue weighted by atomic mass is 10.1. The second-order valence-corrected chi connectivity index (χ2v) is 3.90. The maximum absolute atomic E-state index is 11.3. The number of benzene rings is 2. The van der Waals surface area contributed by atoms with Crippen LogP contribution in [0.4, 0.5) is 0 Å². The fourth-order valence-corrected chi connectivity index (χ4v) is 1.66. The van der Waals surface area contributed by atoms with Crippen LogP contribution in [0, 0.1) is 0 Å². The Labute approximate surface area is 115 Å². The van der Waals surface area contributed by atoms with Crippen LogP contribution in [0.2, 0.25) is 0 Å². The molecule has 2 aromatic rings. The number of fused-ring (bicyclic) bond motifs is 1.